The minimum Gasteiger partial charge on any atom is -0.493 e. The lowest BCUT2D eigenvalue weighted by Crippen LogP contribution is -2.32. The van der Waals surface area contributed by atoms with Crippen LogP contribution in [0, 0.1) is 11.8 Å². The van der Waals surface area contributed by atoms with Gasteiger partial charge in [0.2, 0.25) is 5.78 Å². The van der Waals surface area contributed by atoms with Crippen molar-refractivity contribution in [3.05, 3.63) is 76.1 Å². The fourth-order valence-electron chi connectivity index (χ4n) is 4.41. The molecule has 3 N–H and O–H groups in total. The van der Waals surface area contributed by atoms with Crippen LogP contribution in [0.25, 0.3) is 0 Å². The van der Waals surface area contributed by atoms with Crippen molar-refractivity contribution in [1.29, 1.82) is 0 Å². The molecule has 37 heavy (non-hydrogen) atoms. The van der Waals surface area contributed by atoms with Crippen LogP contribution in [0.3, 0.4) is 0 Å². The molecular formula is C28H33ClN2O6. The third kappa shape index (κ3) is 7.49. The lowest BCUT2D eigenvalue weighted by atomic mass is 9.80. The van der Waals surface area contributed by atoms with Crippen LogP contribution >= 0.6 is 11.6 Å². The van der Waals surface area contributed by atoms with Gasteiger partial charge in [0.15, 0.2) is 0 Å². The maximum absolute atomic E-state index is 13.1. The fourth-order valence-corrected chi connectivity index (χ4v) is 4.70. The van der Waals surface area contributed by atoms with Gasteiger partial charge in [0.1, 0.15) is 17.6 Å². The summed E-state index contributed by atoms with van der Waals surface area (Å²) in [6.07, 6.45) is 2.29. The van der Waals surface area contributed by atoms with Crippen molar-refractivity contribution in [2.45, 2.75) is 45.6 Å². The van der Waals surface area contributed by atoms with E-state index in [0.717, 1.165) is 25.7 Å². The largest absolute Gasteiger partial charge is 0.493 e. The molecule has 0 heterocycles. The topological polar surface area (TPSA) is 117 Å². The van der Waals surface area contributed by atoms with Gasteiger partial charge >= 0.3 is 12.1 Å². The van der Waals surface area contributed by atoms with Crippen LogP contribution in [-0.2, 0) is 14.3 Å². The summed E-state index contributed by atoms with van der Waals surface area (Å²) in [7, 11) is 1.41. The Kier molecular flexibility index (Phi) is 9.97. The van der Waals surface area contributed by atoms with E-state index in [0.29, 0.717) is 28.5 Å². The Morgan fingerprint density at radius 2 is 1.76 bits per heavy atom. The van der Waals surface area contributed by atoms with Crippen molar-refractivity contribution in [3.8, 4) is 5.75 Å². The van der Waals surface area contributed by atoms with Crippen LogP contribution in [-0.4, -0.2) is 31.6 Å². The molecule has 8 nitrogen and oxygen atoms in total. The maximum atomic E-state index is 13.1. The Hall–Kier alpha value is -3.52. The molecule has 0 radical (unpaired) electrons. The first-order valence-corrected chi connectivity index (χ1v) is 12.6. The number of amides is 1. The highest BCUT2D eigenvalue weighted by Crippen LogP contribution is 2.32. The monoisotopic (exact) mass is 528 g/mol. The van der Waals surface area contributed by atoms with Crippen molar-refractivity contribution >= 4 is 29.4 Å². The summed E-state index contributed by atoms with van der Waals surface area (Å²) < 4.78 is 16.3. The summed E-state index contributed by atoms with van der Waals surface area (Å²) in [5.41, 5.74) is 6.92. The number of nitrogens with two attached hydrogens (primary N) is 1. The number of ketones is 1. The molecule has 3 unspecified atom stereocenters. The molecule has 3 rings (SSSR count). The highest BCUT2D eigenvalue weighted by molar-refractivity contribution is 6.31. The van der Waals surface area contributed by atoms with E-state index in [-0.39, 0.29) is 29.2 Å². The van der Waals surface area contributed by atoms with Gasteiger partial charge in [-0.1, -0.05) is 42.6 Å². The van der Waals surface area contributed by atoms with Gasteiger partial charge in [-0.25, -0.2) is 4.79 Å². The van der Waals surface area contributed by atoms with E-state index >= 15 is 0 Å². The minimum atomic E-state index is -0.826. The summed E-state index contributed by atoms with van der Waals surface area (Å²) in [6, 6.07) is 13.6. The van der Waals surface area contributed by atoms with Crippen molar-refractivity contribution in [2.75, 3.05) is 13.7 Å². The number of alkyl carbamates (subject to hydrolysis) is 1. The second-order valence-electron chi connectivity index (χ2n) is 9.09. The fraction of sp³-hybridized carbons (Fsp3) is 0.393. The Morgan fingerprint density at radius 1 is 1.08 bits per heavy atom. The van der Waals surface area contributed by atoms with E-state index in [2.05, 4.69) is 5.32 Å². The quantitative estimate of drug-likeness (QED) is 0.248. The van der Waals surface area contributed by atoms with Gasteiger partial charge < -0.3 is 19.9 Å². The normalized spacial score (nSPS) is 18.7. The molecule has 9 heteroatoms. The summed E-state index contributed by atoms with van der Waals surface area (Å²) in [4.78, 5) is 37.7. The van der Waals surface area contributed by atoms with Gasteiger partial charge in [-0.15, -0.1) is 0 Å². The summed E-state index contributed by atoms with van der Waals surface area (Å²) in [6.45, 7) is 3.59. The van der Waals surface area contributed by atoms with Gasteiger partial charge in [0, 0.05) is 27.8 Å². The Balaban J connectivity index is 1.60. The molecule has 2 aromatic carbocycles. The molecule has 1 fully saturated rings. The molecule has 1 aliphatic carbocycles. The van der Waals surface area contributed by atoms with Crippen molar-refractivity contribution in [3.63, 3.8) is 0 Å². The second-order valence-corrected chi connectivity index (χ2v) is 9.50. The number of ether oxygens (including phenoxy) is 3. The van der Waals surface area contributed by atoms with Crippen LogP contribution in [0.4, 0.5) is 4.79 Å². The molecule has 0 bridgehead atoms. The smallest absolute Gasteiger partial charge is 0.412 e. The van der Waals surface area contributed by atoms with Gasteiger partial charge in [0.25, 0.3) is 0 Å². The number of halogens is 1. The van der Waals surface area contributed by atoms with Crippen LogP contribution in [0.15, 0.2) is 59.9 Å². The van der Waals surface area contributed by atoms with Crippen LogP contribution in [0.2, 0.25) is 5.02 Å². The average molecular weight is 529 g/mol. The summed E-state index contributed by atoms with van der Waals surface area (Å²) >= 11 is 6.17. The second kappa shape index (κ2) is 13.1. The van der Waals surface area contributed by atoms with Crippen LogP contribution in [0.1, 0.15) is 61.6 Å². The molecule has 0 aliphatic heterocycles. The number of hydrogen-bond donors (Lipinski definition) is 2. The average Bonchev–Trinajstić information content (AvgIpc) is 2.90. The number of carbonyl (C=O) groups excluding carboxylic acids is 3. The van der Waals surface area contributed by atoms with Gasteiger partial charge in [-0.05, 0) is 57.0 Å². The Bertz CT molecular complexity index is 1140. The predicted molar refractivity (Wildman–Crippen MR) is 140 cm³/mol. The van der Waals surface area contributed by atoms with Crippen molar-refractivity contribution in [2.24, 2.45) is 17.6 Å². The molecular weight excluding hydrogens is 496 g/mol. The van der Waals surface area contributed by atoms with E-state index in [1.54, 1.807) is 55.5 Å². The molecule has 1 aliphatic rings. The number of allylic oxidation sites excluding steroid dienone is 2. The zero-order valence-corrected chi connectivity index (χ0v) is 22.0. The number of rotatable bonds is 9. The van der Waals surface area contributed by atoms with E-state index in [1.807, 2.05) is 0 Å². The van der Waals surface area contributed by atoms with E-state index in [9.17, 15) is 14.4 Å². The predicted octanol–water partition coefficient (Wildman–Crippen LogP) is 5.56. The van der Waals surface area contributed by atoms with Gasteiger partial charge in [-0.3, -0.25) is 14.9 Å². The van der Waals surface area contributed by atoms with Crippen molar-refractivity contribution < 1.29 is 28.6 Å². The standard InChI is InChI=1S/C28H33ClN2O6/c1-17(30)25(31-28(34)37-18(2)22-9-6-7-11-24(22)29)26(32)19-12-14-21(15-13-19)36-16-20-8-4-5-10-23(20)27(33)35-3/h6-7,9,11-15,18,20,23H,4-5,8,10,16,30H2,1-3H3,(H,31,34). The lowest BCUT2D eigenvalue weighted by Gasteiger charge is -2.29. The van der Waals surface area contributed by atoms with Crippen LogP contribution < -0.4 is 15.8 Å². The maximum Gasteiger partial charge on any atom is 0.412 e. The molecule has 1 amide bonds. The van der Waals surface area contributed by atoms with E-state index in [1.165, 1.54) is 14.0 Å². The molecule has 0 aromatic heterocycles. The first-order valence-electron chi connectivity index (χ1n) is 12.2. The first-order chi connectivity index (χ1) is 17.7. The number of methoxy groups -OCH3 is 1. The number of nitrogens with one attached hydrogen (secondary N) is 1. The number of carbonyl (C=O) groups is 3. The zero-order chi connectivity index (χ0) is 26.9. The van der Waals surface area contributed by atoms with E-state index < -0.39 is 18.0 Å². The number of Topliss-reactive ketones (excluding diaryl/α,β-unsaturated/α-hetero) is 1. The van der Waals surface area contributed by atoms with Gasteiger partial charge in [-0.2, -0.15) is 0 Å². The Morgan fingerprint density at radius 3 is 2.41 bits per heavy atom. The lowest BCUT2D eigenvalue weighted by molar-refractivity contribution is -0.149. The first kappa shape index (κ1) is 28.1. The SMILES string of the molecule is COC(=O)C1CCCCC1COc1ccc(C(=O)C(NC(=O)OC(C)c2ccccc2Cl)=C(C)N)cc1. The third-order valence-corrected chi connectivity index (χ3v) is 6.81. The number of benzene rings is 2. The molecule has 0 saturated heterocycles. The highest BCUT2D eigenvalue weighted by Gasteiger charge is 2.32. The third-order valence-electron chi connectivity index (χ3n) is 6.47. The summed E-state index contributed by atoms with van der Waals surface area (Å²) in [5, 5.41) is 2.93. The molecule has 3 atom stereocenters. The molecule has 1 saturated carbocycles. The molecule has 198 valence electrons. The van der Waals surface area contributed by atoms with Crippen molar-refractivity contribution in [1.82, 2.24) is 5.32 Å². The van der Waals surface area contributed by atoms with Gasteiger partial charge in [0.05, 0.1) is 19.6 Å². The van der Waals surface area contributed by atoms with Crippen LogP contribution in [0.5, 0.6) is 5.75 Å². The minimum absolute atomic E-state index is 0.0758. The number of hydrogen-bond acceptors (Lipinski definition) is 7. The molecule has 0 spiro atoms. The van der Waals surface area contributed by atoms with E-state index in [4.69, 9.17) is 31.5 Å². The summed E-state index contributed by atoms with van der Waals surface area (Å²) in [5.74, 6) is -0.168. The Labute approximate surface area is 222 Å². The molecule has 2 aromatic rings. The zero-order valence-electron chi connectivity index (χ0n) is 21.3. The highest BCUT2D eigenvalue weighted by atomic mass is 35.5. The number of esters is 1.